The first kappa shape index (κ1) is 12.3. The van der Waals surface area contributed by atoms with Gasteiger partial charge in [-0.25, -0.2) is 9.78 Å². The Hall–Kier alpha value is -2.69. The standard InChI is InChI=1S/C15H13N3O2/c1-8-3-4-10(9(2)19)7-11(8)12-5-6-13-14(16-12)18-15(20)17-13/h3-7H,1-2H3,(H2,16,17,18,20). The zero-order valence-electron chi connectivity index (χ0n) is 11.2. The zero-order chi connectivity index (χ0) is 14.3. The minimum atomic E-state index is -0.279. The van der Waals surface area contributed by atoms with Gasteiger partial charge in [0.15, 0.2) is 11.4 Å². The fourth-order valence-corrected chi connectivity index (χ4v) is 2.18. The number of hydrogen-bond donors (Lipinski definition) is 2. The molecule has 2 N–H and O–H groups in total. The number of aromatic nitrogens is 3. The molecule has 2 aromatic heterocycles. The summed E-state index contributed by atoms with van der Waals surface area (Å²) in [6, 6.07) is 9.17. The largest absolute Gasteiger partial charge is 0.325 e. The van der Waals surface area contributed by atoms with Crippen LogP contribution in [0.15, 0.2) is 35.1 Å². The number of ketones is 1. The number of Topliss-reactive ketones (excluding diaryl/α,β-unsaturated/α-hetero) is 1. The van der Waals surface area contributed by atoms with Crippen molar-refractivity contribution in [2.24, 2.45) is 0 Å². The van der Waals surface area contributed by atoms with E-state index in [0.29, 0.717) is 16.7 Å². The number of aryl methyl sites for hydroxylation is 1. The van der Waals surface area contributed by atoms with Crippen molar-refractivity contribution >= 4 is 16.9 Å². The van der Waals surface area contributed by atoms with E-state index < -0.39 is 0 Å². The Bertz CT molecular complexity index is 874. The van der Waals surface area contributed by atoms with Crippen LogP contribution in [0.25, 0.3) is 22.4 Å². The first-order valence-electron chi connectivity index (χ1n) is 6.25. The lowest BCUT2D eigenvalue weighted by molar-refractivity contribution is 0.101. The first-order valence-corrected chi connectivity index (χ1v) is 6.25. The van der Waals surface area contributed by atoms with Crippen LogP contribution in [0.5, 0.6) is 0 Å². The van der Waals surface area contributed by atoms with Crippen LogP contribution in [0.2, 0.25) is 0 Å². The molecule has 0 spiro atoms. The summed E-state index contributed by atoms with van der Waals surface area (Å²) < 4.78 is 0. The summed E-state index contributed by atoms with van der Waals surface area (Å²) in [5.41, 5.74) is 4.20. The van der Waals surface area contributed by atoms with E-state index in [4.69, 9.17) is 0 Å². The lowest BCUT2D eigenvalue weighted by Crippen LogP contribution is -1.99. The third-order valence-electron chi connectivity index (χ3n) is 3.30. The lowest BCUT2D eigenvalue weighted by Gasteiger charge is -2.07. The van der Waals surface area contributed by atoms with Crippen molar-refractivity contribution < 1.29 is 4.79 Å². The molecule has 5 heteroatoms. The summed E-state index contributed by atoms with van der Waals surface area (Å²) >= 11 is 0. The third-order valence-corrected chi connectivity index (χ3v) is 3.30. The number of H-pyrrole nitrogens is 2. The highest BCUT2D eigenvalue weighted by Gasteiger charge is 2.09. The molecule has 2 heterocycles. The Kier molecular flexibility index (Phi) is 2.75. The minimum Gasteiger partial charge on any atom is -0.304 e. The predicted molar refractivity (Wildman–Crippen MR) is 76.9 cm³/mol. The SMILES string of the molecule is CC(=O)c1ccc(C)c(-c2ccc3[nH]c(=O)[nH]c3n2)c1. The molecule has 0 fully saturated rings. The van der Waals surface area contributed by atoms with Crippen molar-refractivity contribution in [2.75, 3.05) is 0 Å². The van der Waals surface area contributed by atoms with Gasteiger partial charge in [-0.05, 0) is 37.6 Å². The normalized spacial score (nSPS) is 10.9. The molecule has 3 rings (SSSR count). The number of carbonyl (C=O) groups excluding carboxylic acids is 1. The van der Waals surface area contributed by atoms with E-state index >= 15 is 0 Å². The number of benzene rings is 1. The van der Waals surface area contributed by atoms with Crippen LogP contribution < -0.4 is 5.69 Å². The molecule has 0 radical (unpaired) electrons. The van der Waals surface area contributed by atoms with E-state index in [1.54, 1.807) is 12.1 Å². The van der Waals surface area contributed by atoms with Crippen LogP contribution in [-0.2, 0) is 0 Å². The lowest BCUT2D eigenvalue weighted by atomic mass is 10.0. The summed E-state index contributed by atoms with van der Waals surface area (Å²) in [7, 11) is 0. The van der Waals surface area contributed by atoms with Gasteiger partial charge in [-0.2, -0.15) is 0 Å². The maximum atomic E-state index is 11.5. The Labute approximate surface area is 114 Å². The van der Waals surface area contributed by atoms with E-state index in [-0.39, 0.29) is 11.5 Å². The van der Waals surface area contributed by atoms with Crippen LogP contribution in [0.4, 0.5) is 0 Å². The number of hydrogen-bond acceptors (Lipinski definition) is 3. The fraction of sp³-hybridized carbons (Fsp3) is 0.133. The molecule has 0 saturated heterocycles. The quantitative estimate of drug-likeness (QED) is 0.700. The van der Waals surface area contributed by atoms with Crippen molar-refractivity contribution in [3.63, 3.8) is 0 Å². The van der Waals surface area contributed by atoms with Gasteiger partial charge >= 0.3 is 5.69 Å². The molecule has 0 aliphatic carbocycles. The van der Waals surface area contributed by atoms with Crippen LogP contribution in [0.3, 0.4) is 0 Å². The van der Waals surface area contributed by atoms with Crippen LogP contribution in [0.1, 0.15) is 22.8 Å². The Morgan fingerprint density at radius 1 is 1.15 bits per heavy atom. The summed E-state index contributed by atoms with van der Waals surface area (Å²) in [5, 5.41) is 0. The molecule has 100 valence electrons. The van der Waals surface area contributed by atoms with Gasteiger partial charge in [-0.15, -0.1) is 0 Å². The molecule has 1 aromatic carbocycles. The van der Waals surface area contributed by atoms with E-state index in [9.17, 15) is 9.59 Å². The summed E-state index contributed by atoms with van der Waals surface area (Å²) in [5.74, 6) is 0.0161. The third kappa shape index (κ3) is 2.03. The Morgan fingerprint density at radius 3 is 2.70 bits per heavy atom. The van der Waals surface area contributed by atoms with Crippen molar-refractivity contribution in [1.82, 2.24) is 15.0 Å². The summed E-state index contributed by atoms with van der Waals surface area (Å²) in [6.07, 6.45) is 0. The van der Waals surface area contributed by atoms with Crippen LogP contribution >= 0.6 is 0 Å². The van der Waals surface area contributed by atoms with E-state index in [2.05, 4.69) is 15.0 Å². The number of aromatic amines is 2. The van der Waals surface area contributed by atoms with Gasteiger partial charge in [-0.3, -0.25) is 9.78 Å². The molecule has 20 heavy (non-hydrogen) atoms. The van der Waals surface area contributed by atoms with Crippen LogP contribution in [-0.4, -0.2) is 20.7 Å². The smallest absolute Gasteiger partial charge is 0.304 e. The highest BCUT2D eigenvalue weighted by Crippen LogP contribution is 2.24. The monoisotopic (exact) mass is 267 g/mol. The number of imidazole rings is 1. The van der Waals surface area contributed by atoms with Crippen molar-refractivity contribution in [3.8, 4) is 11.3 Å². The average molecular weight is 267 g/mol. The molecule has 0 amide bonds. The molecule has 0 atom stereocenters. The number of pyridine rings is 1. The molecule has 5 nitrogen and oxygen atoms in total. The average Bonchev–Trinajstić information content (AvgIpc) is 2.78. The second kappa shape index (κ2) is 4.45. The molecule has 0 unspecified atom stereocenters. The molecule has 0 saturated carbocycles. The van der Waals surface area contributed by atoms with E-state index in [0.717, 1.165) is 16.8 Å². The number of fused-ring (bicyclic) bond motifs is 1. The molecule has 0 aliphatic rings. The van der Waals surface area contributed by atoms with Gasteiger partial charge < -0.3 is 4.98 Å². The Balaban J connectivity index is 2.21. The highest BCUT2D eigenvalue weighted by molar-refractivity contribution is 5.95. The van der Waals surface area contributed by atoms with Crippen molar-refractivity contribution in [1.29, 1.82) is 0 Å². The number of rotatable bonds is 2. The number of nitrogens with zero attached hydrogens (tertiary/aromatic N) is 1. The van der Waals surface area contributed by atoms with Gasteiger partial charge in [-0.1, -0.05) is 12.1 Å². The second-order valence-corrected chi connectivity index (χ2v) is 4.76. The summed E-state index contributed by atoms with van der Waals surface area (Å²) in [6.45, 7) is 3.50. The van der Waals surface area contributed by atoms with Crippen LogP contribution in [0, 0.1) is 6.92 Å². The topological polar surface area (TPSA) is 78.6 Å². The molecular weight excluding hydrogens is 254 g/mol. The van der Waals surface area contributed by atoms with E-state index in [1.807, 2.05) is 25.1 Å². The minimum absolute atomic E-state index is 0.0161. The maximum Gasteiger partial charge on any atom is 0.325 e. The predicted octanol–water partition coefficient (Wildman–Crippen LogP) is 2.43. The molecule has 0 bridgehead atoms. The maximum absolute atomic E-state index is 11.5. The van der Waals surface area contributed by atoms with Gasteiger partial charge in [0.1, 0.15) is 0 Å². The van der Waals surface area contributed by atoms with Gasteiger partial charge in [0.05, 0.1) is 11.2 Å². The molecule has 3 aromatic rings. The fourth-order valence-electron chi connectivity index (χ4n) is 2.18. The van der Waals surface area contributed by atoms with Crippen molar-refractivity contribution in [3.05, 3.63) is 51.9 Å². The highest BCUT2D eigenvalue weighted by atomic mass is 16.1. The molecular formula is C15H13N3O2. The van der Waals surface area contributed by atoms with E-state index in [1.165, 1.54) is 6.92 Å². The van der Waals surface area contributed by atoms with Gasteiger partial charge in [0.2, 0.25) is 0 Å². The summed E-state index contributed by atoms with van der Waals surface area (Å²) in [4.78, 5) is 32.5. The zero-order valence-corrected chi connectivity index (χ0v) is 11.2. The van der Waals surface area contributed by atoms with Gasteiger partial charge in [0.25, 0.3) is 0 Å². The second-order valence-electron chi connectivity index (χ2n) is 4.76. The van der Waals surface area contributed by atoms with Gasteiger partial charge in [0, 0.05) is 11.1 Å². The number of nitrogens with one attached hydrogen (secondary N) is 2. The first-order chi connectivity index (χ1) is 9.54. The molecule has 0 aliphatic heterocycles. The van der Waals surface area contributed by atoms with Crippen molar-refractivity contribution in [2.45, 2.75) is 13.8 Å². The Morgan fingerprint density at radius 2 is 1.95 bits per heavy atom. The number of carbonyl (C=O) groups is 1.